The molecule has 0 aliphatic carbocycles. The minimum atomic E-state index is -0.359. The van der Waals surface area contributed by atoms with Gasteiger partial charge in [0.05, 0.1) is 16.9 Å². The summed E-state index contributed by atoms with van der Waals surface area (Å²) in [5.41, 5.74) is 1.94. The van der Waals surface area contributed by atoms with E-state index < -0.39 is 0 Å². The Labute approximate surface area is 200 Å². The van der Waals surface area contributed by atoms with E-state index in [-0.39, 0.29) is 22.9 Å². The van der Waals surface area contributed by atoms with Crippen molar-refractivity contribution in [2.45, 2.75) is 13.0 Å². The predicted octanol–water partition coefficient (Wildman–Crippen LogP) is 2.48. The number of quaternary nitrogens is 1. The summed E-state index contributed by atoms with van der Waals surface area (Å²) in [6.07, 6.45) is 4.64. The van der Waals surface area contributed by atoms with Crippen LogP contribution in [0.3, 0.4) is 0 Å². The highest BCUT2D eigenvalue weighted by Gasteiger charge is 2.21. The number of hydrogen-bond acceptors (Lipinski definition) is 5. The topological polar surface area (TPSA) is 116 Å². The van der Waals surface area contributed by atoms with Gasteiger partial charge in [-0.2, -0.15) is 0 Å². The van der Waals surface area contributed by atoms with Gasteiger partial charge in [-0.05, 0) is 6.07 Å². The van der Waals surface area contributed by atoms with Crippen molar-refractivity contribution in [3.8, 4) is 5.69 Å². The van der Waals surface area contributed by atoms with Crippen LogP contribution < -0.4 is 21.5 Å². The van der Waals surface area contributed by atoms with Crippen LogP contribution in [0.5, 0.6) is 0 Å². The fraction of sp³-hybridized carbons (Fsp3) is 0.217. The lowest BCUT2D eigenvalue weighted by atomic mass is 10.1. The van der Waals surface area contributed by atoms with Gasteiger partial charge in [0.15, 0.2) is 0 Å². The number of carbonyl (C=O) groups excluding carboxylic acids is 1. The van der Waals surface area contributed by atoms with Crippen molar-refractivity contribution in [2.75, 3.05) is 18.4 Å². The number of anilines is 1. The number of halogens is 2. The van der Waals surface area contributed by atoms with Crippen LogP contribution in [0, 0.1) is 11.3 Å². The van der Waals surface area contributed by atoms with Gasteiger partial charge < -0.3 is 21.4 Å². The maximum Gasteiger partial charge on any atom is 0.270 e. The number of nitrogens with zero attached hydrogens (tertiary/aromatic N) is 2. The quantitative estimate of drug-likeness (QED) is 0.366. The maximum absolute atomic E-state index is 13.2. The first kappa shape index (κ1) is 23.0. The monoisotopic (exact) mass is 485 g/mol. The summed E-state index contributed by atoms with van der Waals surface area (Å²) in [6, 6.07) is 11.0. The molecule has 1 amide bonds. The molecule has 170 valence electrons. The van der Waals surface area contributed by atoms with Crippen LogP contribution in [0.2, 0.25) is 10.0 Å². The van der Waals surface area contributed by atoms with E-state index >= 15 is 0 Å². The molecule has 1 saturated heterocycles. The molecule has 2 aromatic heterocycles. The molecule has 1 aliphatic heterocycles. The van der Waals surface area contributed by atoms with Crippen LogP contribution in [0.4, 0.5) is 11.5 Å². The molecule has 1 aliphatic rings. The van der Waals surface area contributed by atoms with Gasteiger partial charge in [0.2, 0.25) is 5.91 Å². The second-order valence-corrected chi connectivity index (χ2v) is 8.59. The average molecular weight is 486 g/mol. The molecule has 0 bridgehead atoms. The Kier molecular flexibility index (Phi) is 7.08. The Bertz CT molecular complexity index is 1260. The van der Waals surface area contributed by atoms with Crippen LogP contribution in [0.15, 0.2) is 53.6 Å². The molecule has 33 heavy (non-hydrogen) atoms. The third-order valence-corrected chi connectivity index (χ3v) is 6.20. The predicted molar refractivity (Wildman–Crippen MR) is 129 cm³/mol. The largest absolute Gasteiger partial charge is 0.370 e. The Hall–Kier alpha value is -3.20. The standard InChI is InChI=1S/C23H22Cl2N6O2/c24-17-4-2-1-3-15(17)12-27-19-5-6-31(23(33)16(19)9-26)20-8-21(29-13-18(20)25)28-10-14-7-22(32)30-11-14/h1-6,8-9,13-14,26-27H,7,10-12H2,(H,28,29)(H,30,32)/p+1. The van der Waals surface area contributed by atoms with Crippen molar-refractivity contribution in [1.29, 1.82) is 5.41 Å². The number of hydrogen-bond donors (Lipinski definition) is 4. The van der Waals surface area contributed by atoms with Gasteiger partial charge in [-0.1, -0.05) is 41.4 Å². The summed E-state index contributed by atoms with van der Waals surface area (Å²) >= 11 is 12.6. The SMILES string of the molecule is N=Cc1c([NH2+]Cc2ccccc2Cl)ccn(-c2cc(NCC3CNC(=O)C3)ncc2Cl)c1=O. The van der Waals surface area contributed by atoms with E-state index in [4.69, 9.17) is 28.6 Å². The zero-order chi connectivity index (χ0) is 23.4. The molecule has 1 unspecified atom stereocenters. The summed E-state index contributed by atoms with van der Waals surface area (Å²) in [5, 5.41) is 16.7. The first-order valence-electron chi connectivity index (χ1n) is 10.5. The van der Waals surface area contributed by atoms with E-state index in [1.807, 2.05) is 29.6 Å². The summed E-state index contributed by atoms with van der Waals surface area (Å²) < 4.78 is 1.41. The van der Waals surface area contributed by atoms with Gasteiger partial charge in [-0.25, -0.2) is 4.98 Å². The van der Waals surface area contributed by atoms with Crippen molar-refractivity contribution in [3.05, 3.63) is 80.3 Å². The molecule has 10 heteroatoms. The molecular weight excluding hydrogens is 463 g/mol. The van der Waals surface area contributed by atoms with Crippen molar-refractivity contribution < 1.29 is 10.1 Å². The minimum absolute atomic E-state index is 0.0451. The second kappa shape index (κ2) is 10.2. The van der Waals surface area contributed by atoms with Gasteiger partial charge in [0.1, 0.15) is 23.6 Å². The average Bonchev–Trinajstić information content (AvgIpc) is 3.23. The van der Waals surface area contributed by atoms with E-state index in [0.29, 0.717) is 53.3 Å². The van der Waals surface area contributed by atoms with Gasteiger partial charge in [0, 0.05) is 60.6 Å². The van der Waals surface area contributed by atoms with Gasteiger partial charge in [-0.3, -0.25) is 14.2 Å². The first-order valence-corrected chi connectivity index (χ1v) is 11.2. The van der Waals surface area contributed by atoms with Gasteiger partial charge >= 0.3 is 0 Å². The zero-order valence-corrected chi connectivity index (χ0v) is 19.2. The number of rotatable bonds is 8. The first-order chi connectivity index (χ1) is 16.0. The Morgan fingerprint density at radius 3 is 2.79 bits per heavy atom. The van der Waals surface area contributed by atoms with Gasteiger partial charge in [-0.15, -0.1) is 0 Å². The highest BCUT2D eigenvalue weighted by atomic mass is 35.5. The number of benzene rings is 1. The molecular formula is C23H23Cl2N6O2+. The molecule has 0 spiro atoms. The van der Waals surface area contributed by atoms with Crippen molar-refractivity contribution in [2.24, 2.45) is 5.92 Å². The lowest BCUT2D eigenvalue weighted by Crippen LogP contribution is -2.77. The van der Waals surface area contributed by atoms with Crippen molar-refractivity contribution in [3.63, 3.8) is 0 Å². The highest BCUT2D eigenvalue weighted by Crippen LogP contribution is 2.22. The zero-order valence-electron chi connectivity index (χ0n) is 17.6. The maximum atomic E-state index is 13.2. The number of pyridine rings is 2. The Balaban J connectivity index is 1.57. The summed E-state index contributed by atoms with van der Waals surface area (Å²) in [5.74, 6) is 0.772. The van der Waals surface area contributed by atoms with Gasteiger partial charge in [0.25, 0.3) is 5.56 Å². The van der Waals surface area contributed by atoms with Crippen molar-refractivity contribution >= 4 is 46.8 Å². The molecule has 0 radical (unpaired) electrons. The summed E-state index contributed by atoms with van der Waals surface area (Å²) in [6.45, 7) is 1.73. The number of carbonyl (C=O) groups is 1. The normalized spacial score (nSPS) is 15.3. The van der Waals surface area contributed by atoms with Crippen molar-refractivity contribution in [1.82, 2.24) is 14.9 Å². The van der Waals surface area contributed by atoms with Crippen LogP contribution in [0.25, 0.3) is 5.69 Å². The third kappa shape index (κ3) is 5.24. The molecule has 1 aromatic carbocycles. The molecule has 8 nitrogen and oxygen atoms in total. The second-order valence-electron chi connectivity index (χ2n) is 7.78. The number of aromatic nitrogens is 2. The molecule has 5 N–H and O–H groups in total. The molecule has 4 rings (SSSR count). The Morgan fingerprint density at radius 1 is 1.24 bits per heavy atom. The molecule has 1 atom stereocenters. The minimum Gasteiger partial charge on any atom is -0.370 e. The highest BCUT2D eigenvalue weighted by molar-refractivity contribution is 6.32. The number of amides is 1. The number of nitrogens with one attached hydrogen (secondary N) is 3. The fourth-order valence-corrected chi connectivity index (χ4v) is 4.14. The van der Waals surface area contributed by atoms with E-state index in [9.17, 15) is 9.59 Å². The molecule has 1 fully saturated rings. The molecule has 3 heterocycles. The third-order valence-electron chi connectivity index (χ3n) is 5.54. The van der Waals surface area contributed by atoms with Crippen LogP contribution >= 0.6 is 23.2 Å². The van der Waals surface area contributed by atoms with Crippen LogP contribution in [-0.2, 0) is 11.3 Å². The van der Waals surface area contributed by atoms with Crippen LogP contribution in [0.1, 0.15) is 17.5 Å². The van der Waals surface area contributed by atoms with E-state index in [0.717, 1.165) is 11.8 Å². The van der Waals surface area contributed by atoms with E-state index in [2.05, 4.69) is 15.6 Å². The smallest absolute Gasteiger partial charge is 0.270 e. The molecule has 0 saturated carbocycles. The van der Waals surface area contributed by atoms with E-state index in [1.54, 1.807) is 18.3 Å². The fourth-order valence-electron chi connectivity index (χ4n) is 3.73. The number of nitrogens with two attached hydrogens (primary N) is 1. The summed E-state index contributed by atoms with van der Waals surface area (Å²) in [4.78, 5) is 28.8. The van der Waals surface area contributed by atoms with Crippen LogP contribution in [-0.4, -0.2) is 34.8 Å². The summed E-state index contributed by atoms with van der Waals surface area (Å²) in [7, 11) is 0. The Morgan fingerprint density at radius 2 is 2.06 bits per heavy atom. The lowest BCUT2D eigenvalue weighted by Gasteiger charge is -2.14. The lowest BCUT2D eigenvalue weighted by molar-refractivity contribution is -0.588. The van der Waals surface area contributed by atoms with E-state index in [1.165, 1.54) is 10.8 Å². The molecule has 3 aromatic rings.